The van der Waals surface area contributed by atoms with E-state index in [1.807, 2.05) is 0 Å². The second-order valence-corrected chi connectivity index (χ2v) is 12.2. The zero-order valence-corrected chi connectivity index (χ0v) is 22.6. The predicted octanol–water partition coefficient (Wildman–Crippen LogP) is 5.98. The number of likely N-dealkylation sites (N-methyl/N-ethyl adjacent to an activating group) is 1. The average Bonchev–Trinajstić information content (AvgIpc) is 3.26. The van der Waals surface area contributed by atoms with Gasteiger partial charge in [0.05, 0.1) is 13.2 Å². The molecule has 0 amide bonds. The summed E-state index contributed by atoms with van der Waals surface area (Å²) in [4.78, 5) is 2.33. The Bertz CT molecular complexity index is 1150. The maximum absolute atomic E-state index is 11.7. The Hall–Kier alpha value is -2.24. The Kier molecular flexibility index (Phi) is 5.88. The number of benzene rings is 2. The van der Waals surface area contributed by atoms with Crippen molar-refractivity contribution in [3.63, 3.8) is 0 Å². The number of hydrogen-bond donors (Lipinski definition) is 1. The van der Waals surface area contributed by atoms with Crippen molar-refractivity contribution >= 4 is 0 Å². The van der Waals surface area contributed by atoms with Crippen molar-refractivity contribution in [3.05, 3.63) is 51.6 Å². The molecule has 0 fully saturated rings. The first-order chi connectivity index (χ1) is 16.5. The number of aliphatic hydroxyl groups is 1. The normalized spacial score (nSPS) is 25.1. The fourth-order valence-corrected chi connectivity index (χ4v) is 6.73. The summed E-state index contributed by atoms with van der Waals surface area (Å²) in [5, 5.41) is 11.7. The molecular weight excluding hydrogens is 438 g/mol. The van der Waals surface area contributed by atoms with Gasteiger partial charge >= 0.3 is 0 Å². The summed E-state index contributed by atoms with van der Waals surface area (Å²) in [5.74, 6) is 2.80. The van der Waals surface area contributed by atoms with Crippen LogP contribution in [-0.4, -0.2) is 37.5 Å². The van der Waals surface area contributed by atoms with E-state index in [0.29, 0.717) is 18.1 Å². The molecule has 5 heteroatoms. The molecule has 0 spiro atoms. The predicted molar refractivity (Wildman–Crippen MR) is 139 cm³/mol. The van der Waals surface area contributed by atoms with Crippen molar-refractivity contribution in [2.75, 3.05) is 27.5 Å². The van der Waals surface area contributed by atoms with E-state index in [9.17, 15) is 5.11 Å². The highest BCUT2D eigenvalue weighted by Crippen LogP contribution is 2.52. The van der Waals surface area contributed by atoms with Crippen LogP contribution < -0.4 is 14.2 Å². The molecule has 0 saturated carbocycles. The Morgan fingerprint density at radius 3 is 2.60 bits per heavy atom. The largest absolute Gasteiger partial charge is 0.492 e. The molecule has 5 nitrogen and oxygen atoms in total. The lowest BCUT2D eigenvalue weighted by Gasteiger charge is -2.47. The summed E-state index contributed by atoms with van der Waals surface area (Å²) in [7, 11) is 3.83. The Labute approximate surface area is 210 Å². The molecule has 1 N–H and O–H groups in total. The van der Waals surface area contributed by atoms with Crippen LogP contribution in [-0.2, 0) is 17.3 Å². The van der Waals surface area contributed by atoms with Crippen LogP contribution in [0.2, 0.25) is 0 Å². The average molecular weight is 480 g/mol. The molecule has 2 heterocycles. The molecule has 35 heavy (non-hydrogen) atoms. The molecule has 1 aliphatic carbocycles. The van der Waals surface area contributed by atoms with Crippen LogP contribution in [0.5, 0.6) is 17.2 Å². The van der Waals surface area contributed by atoms with Gasteiger partial charge in [-0.1, -0.05) is 46.8 Å². The highest BCUT2D eigenvalue weighted by Gasteiger charge is 2.43. The summed E-state index contributed by atoms with van der Waals surface area (Å²) in [5.41, 5.74) is 7.59. The summed E-state index contributed by atoms with van der Waals surface area (Å²) in [6.07, 6.45) is 2.09. The molecule has 3 aliphatic rings. The highest BCUT2D eigenvalue weighted by atomic mass is 16.7. The molecule has 2 aromatic rings. The van der Waals surface area contributed by atoms with E-state index < -0.39 is 6.10 Å². The molecule has 2 aromatic carbocycles. The quantitative estimate of drug-likeness (QED) is 0.585. The van der Waals surface area contributed by atoms with E-state index >= 15 is 0 Å². The third kappa shape index (κ3) is 3.82. The van der Waals surface area contributed by atoms with Gasteiger partial charge in [-0.2, -0.15) is 0 Å². The standard InChI is InChI=1S/C30H41NO4/c1-17-11-22-21(29(3,4)15-18(2)30(22,5)6)13-20(17)24(32)14-23-26-19(9-10-31(23)7)12-25-27(28(26)33-8)35-16-34-25/h11-13,18,23-24,32H,9-10,14-16H2,1-8H3/t18-,23-,24-/m0/s1. The third-order valence-corrected chi connectivity index (χ3v) is 9.23. The van der Waals surface area contributed by atoms with E-state index in [1.165, 1.54) is 22.3 Å². The fourth-order valence-electron chi connectivity index (χ4n) is 6.73. The number of nitrogens with zero attached hydrogens (tertiary/aromatic N) is 1. The van der Waals surface area contributed by atoms with Crippen LogP contribution in [0.4, 0.5) is 0 Å². The van der Waals surface area contributed by atoms with Crippen molar-refractivity contribution in [3.8, 4) is 17.2 Å². The van der Waals surface area contributed by atoms with Crippen molar-refractivity contribution in [2.45, 2.75) is 83.8 Å². The number of rotatable bonds is 4. The summed E-state index contributed by atoms with van der Waals surface area (Å²) in [6.45, 7) is 15.1. The zero-order chi connectivity index (χ0) is 25.3. The number of ether oxygens (including phenoxy) is 3. The minimum absolute atomic E-state index is 0.0260. The van der Waals surface area contributed by atoms with Gasteiger partial charge in [0.15, 0.2) is 11.5 Å². The topological polar surface area (TPSA) is 51.2 Å². The van der Waals surface area contributed by atoms with E-state index in [2.05, 4.69) is 71.7 Å². The lowest BCUT2D eigenvalue weighted by atomic mass is 9.58. The maximum Gasteiger partial charge on any atom is 0.231 e. The molecule has 190 valence electrons. The Balaban J connectivity index is 1.54. The second kappa shape index (κ2) is 8.41. The van der Waals surface area contributed by atoms with E-state index in [-0.39, 0.29) is 23.7 Å². The highest BCUT2D eigenvalue weighted by molar-refractivity contribution is 5.62. The first-order valence-electron chi connectivity index (χ1n) is 13.0. The fraction of sp³-hybridized carbons (Fsp3) is 0.600. The van der Waals surface area contributed by atoms with Gasteiger partial charge < -0.3 is 19.3 Å². The van der Waals surface area contributed by atoms with Gasteiger partial charge in [-0.25, -0.2) is 0 Å². The molecule has 3 atom stereocenters. The molecule has 0 radical (unpaired) electrons. The van der Waals surface area contributed by atoms with Gasteiger partial charge in [-0.3, -0.25) is 4.90 Å². The number of aryl methyl sites for hydroxylation is 1. The van der Waals surface area contributed by atoms with Gasteiger partial charge in [-0.15, -0.1) is 0 Å². The van der Waals surface area contributed by atoms with Gasteiger partial charge in [0.1, 0.15) is 0 Å². The van der Waals surface area contributed by atoms with Crippen molar-refractivity contribution in [2.24, 2.45) is 5.92 Å². The molecule has 0 saturated heterocycles. The number of methoxy groups -OCH3 is 1. The molecule has 0 unspecified atom stereocenters. The first kappa shape index (κ1) is 24.5. The molecule has 5 rings (SSSR count). The van der Waals surface area contributed by atoms with Crippen LogP contribution in [0.3, 0.4) is 0 Å². The maximum atomic E-state index is 11.7. The monoisotopic (exact) mass is 479 g/mol. The molecule has 2 aliphatic heterocycles. The van der Waals surface area contributed by atoms with Crippen LogP contribution in [0.1, 0.15) is 93.0 Å². The summed E-state index contributed by atoms with van der Waals surface area (Å²) >= 11 is 0. The summed E-state index contributed by atoms with van der Waals surface area (Å²) < 4.78 is 17.3. The zero-order valence-electron chi connectivity index (χ0n) is 22.6. The van der Waals surface area contributed by atoms with Crippen molar-refractivity contribution in [1.82, 2.24) is 4.90 Å². The lowest BCUT2D eigenvalue weighted by Crippen LogP contribution is -2.40. The van der Waals surface area contributed by atoms with Crippen molar-refractivity contribution in [1.29, 1.82) is 0 Å². The number of fused-ring (bicyclic) bond motifs is 3. The summed E-state index contributed by atoms with van der Waals surface area (Å²) in [6, 6.07) is 6.78. The lowest BCUT2D eigenvalue weighted by molar-refractivity contribution is 0.107. The van der Waals surface area contributed by atoms with Crippen LogP contribution in [0, 0.1) is 12.8 Å². The number of aliphatic hydroxyl groups excluding tert-OH is 1. The van der Waals surface area contributed by atoms with E-state index in [4.69, 9.17) is 14.2 Å². The molecule has 0 bridgehead atoms. The molecular formula is C30H41NO4. The van der Waals surface area contributed by atoms with Crippen molar-refractivity contribution < 1.29 is 19.3 Å². The number of hydrogen-bond acceptors (Lipinski definition) is 5. The van der Waals surface area contributed by atoms with Crippen LogP contribution in [0.15, 0.2) is 18.2 Å². The van der Waals surface area contributed by atoms with Gasteiger partial charge in [0.2, 0.25) is 12.5 Å². The second-order valence-electron chi connectivity index (χ2n) is 12.2. The van der Waals surface area contributed by atoms with Crippen LogP contribution in [0.25, 0.3) is 0 Å². The Morgan fingerprint density at radius 2 is 1.89 bits per heavy atom. The third-order valence-electron chi connectivity index (χ3n) is 9.23. The van der Waals surface area contributed by atoms with Crippen LogP contribution >= 0.6 is 0 Å². The van der Waals surface area contributed by atoms with Gasteiger partial charge in [0, 0.05) is 18.2 Å². The molecule has 0 aromatic heterocycles. The van der Waals surface area contributed by atoms with E-state index in [0.717, 1.165) is 42.0 Å². The van der Waals surface area contributed by atoms with Gasteiger partial charge in [-0.05, 0) is 83.9 Å². The SMILES string of the molecule is COc1c2c(cc3c1[C@H](C[C@H](O)c1cc4c(cc1C)C(C)(C)[C@@H](C)CC4(C)C)N(C)CC3)OCO2. The smallest absolute Gasteiger partial charge is 0.231 e. The van der Waals surface area contributed by atoms with Gasteiger partial charge in [0.25, 0.3) is 0 Å². The Morgan fingerprint density at radius 1 is 1.14 bits per heavy atom. The first-order valence-corrected chi connectivity index (χ1v) is 13.0. The minimum Gasteiger partial charge on any atom is -0.492 e. The minimum atomic E-state index is -0.577. The van der Waals surface area contributed by atoms with E-state index in [1.54, 1.807) is 7.11 Å².